The molecule has 0 saturated carbocycles. The number of rotatable bonds is 4. The molecule has 1 N–H and O–H groups in total. The Morgan fingerprint density at radius 1 is 1.56 bits per heavy atom. The van der Waals surface area contributed by atoms with Gasteiger partial charge in [-0.15, -0.1) is 11.8 Å². The van der Waals surface area contributed by atoms with Gasteiger partial charge in [0.25, 0.3) is 0 Å². The van der Waals surface area contributed by atoms with Crippen molar-refractivity contribution < 1.29 is 14.6 Å². The minimum absolute atomic E-state index is 0.250. The van der Waals surface area contributed by atoms with Crippen LogP contribution >= 0.6 is 11.8 Å². The van der Waals surface area contributed by atoms with Crippen molar-refractivity contribution in [3.05, 3.63) is 35.9 Å². The van der Waals surface area contributed by atoms with Gasteiger partial charge >= 0.3 is 5.97 Å². The molecule has 0 aliphatic carbocycles. The quantitative estimate of drug-likeness (QED) is 0.497. The first-order valence-electron chi connectivity index (χ1n) is 4.79. The molecule has 0 spiro atoms. The van der Waals surface area contributed by atoms with Crippen molar-refractivity contribution in [1.29, 1.82) is 0 Å². The van der Waals surface area contributed by atoms with E-state index in [1.165, 1.54) is 13.2 Å². The first-order valence-corrected chi connectivity index (χ1v) is 5.77. The van der Waals surface area contributed by atoms with Gasteiger partial charge in [0, 0.05) is 16.7 Å². The average molecular weight is 238 g/mol. The summed E-state index contributed by atoms with van der Waals surface area (Å²) >= 11 is 1.56. The highest BCUT2D eigenvalue weighted by Crippen LogP contribution is 2.23. The third-order valence-corrected chi connectivity index (χ3v) is 3.04. The molecule has 1 aromatic carbocycles. The van der Waals surface area contributed by atoms with Crippen LogP contribution in [0, 0.1) is 0 Å². The number of hydrogen-bond acceptors (Lipinski definition) is 4. The van der Waals surface area contributed by atoms with Gasteiger partial charge in [0.05, 0.1) is 7.11 Å². The van der Waals surface area contributed by atoms with Gasteiger partial charge in [0.15, 0.2) is 0 Å². The molecule has 1 aromatic rings. The lowest BCUT2D eigenvalue weighted by Crippen LogP contribution is -1.96. The predicted molar refractivity (Wildman–Crippen MR) is 64.6 cm³/mol. The number of hydrogen-bond donors (Lipinski definition) is 1. The van der Waals surface area contributed by atoms with Crippen molar-refractivity contribution in [1.82, 2.24) is 0 Å². The number of phenols is 1. The summed E-state index contributed by atoms with van der Waals surface area (Å²) in [5, 5.41) is 9.26. The minimum Gasteiger partial charge on any atom is -0.508 e. The van der Waals surface area contributed by atoms with E-state index in [4.69, 9.17) is 0 Å². The molecule has 0 radical (unpaired) electrons. The maximum atomic E-state index is 10.9. The van der Waals surface area contributed by atoms with Crippen LogP contribution in [0.25, 0.3) is 0 Å². The number of methoxy groups -OCH3 is 1. The molecule has 0 fully saturated rings. The zero-order chi connectivity index (χ0) is 12.0. The maximum Gasteiger partial charge on any atom is 0.330 e. The summed E-state index contributed by atoms with van der Waals surface area (Å²) in [4.78, 5) is 11.9. The number of aromatic hydroxyl groups is 1. The van der Waals surface area contributed by atoms with Crippen LogP contribution in [-0.2, 0) is 9.53 Å². The Hall–Kier alpha value is -1.42. The SMILES string of the molecule is COC(=O)/C=C(\C)CSc1cccc(O)c1. The zero-order valence-corrected chi connectivity index (χ0v) is 10.1. The van der Waals surface area contributed by atoms with Crippen LogP contribution in [0.5, 0.6) is 5.75 Å². The number of esters is 1. The molecule has 0 saturated heterocycles. The Balaban J connectivity index is 2.52. The fourth-order valence-corrected chi connectivity index (χ4v) is 1.93. The highest BCUT2D eigenvalue weighted by molar-refractivity contribution is 7.99. The van der Waals surface area contributed by atoms with E-state index in [0.29, 0.717) is 5.75 Å². The molecule has 1 rings (SSSR count). The number of carbonyl (C=O) groups excluding carboxylic acids is 1. The molecule has 16 heavy (non-hydrogen) atoms. The summed E-state index contributed by atoms with van der Waals surface area (Å²) in [5.74, 6) is 0.604. The van der Waals surface area contributed by atoms with E-state index in [0.717, 1.165) is 10.5 Å². The fourth-order valence-electron chi connectivity index (χ4n) is 1.07. The molecule has 0 aromatic heterocycles. The smallest absolute Gasteiger partial charge is 0.330 e. The van der Waals surface area contributed by atoms with E-state index in [1.54, 1.807) is 30.0 Å². The summed E-state index contributed by atoms with van der Waals surface area (Å²) in [6, 6.07) is 7.02. The Morgan fingerprint density at radius 3 is 2.94 bits per heavy atom. The van der Waals surface area contributed by atoms with Crippen molar-refractivity contribution in [2.24, 2.45) is 0 Å². The predicted octanol–water partition coefficient (Wildman–Crippen LogP) is 2.60. The van der Waals surface area contributed by atoms with Gasteiger partial charge < -0.3 is 9.84 Å². The van der Waals surface area contributed by atoms with Gasteiger partial charge in [-0.25, -0.2) is 4.79 Å². The topological polar surface area (TPSA) is 46.5 Å². The van der Waals surface area contributed by atoms with Crippen LogP contribution in [0.1, 0.15) is 6.92 Å². The number of carbonyl (C=O) groups is 1. The van der Waals surface area contributed by atoms with Gasteiger partial charge in [-0.1, -0.05) is 11.6 Å². The van der Waals surface area contributed by atoms with E-state index >= 15 is 0 Å². The molecule has 0 bridgehead atoms. The first kappa shape index (κ1) is 12.6. The van der Waals surface area contributed by atoms with Crippen molar-refractivity contribution in [2.45, 2.75) is 11.8 Å². The largest absolute Gasteiger partial charge is 0.508 e. The Bertz CT molecular complexity index is 399. The molecule has 0 aliphatic heterocycles. The van der Waals surface area contributed by atoms with Crippen LogP contribution < -0.4 is 0 Å². The van der Waals surface area contributed by atoms with E-state index in [9.17, 15) is 9.90 Å². The second kappa shape index (κ2) is 6.23. The lowest BCUT2D eigenvalue weighted by molar-refractivity contribution is -0.134. The summed E-state index contributed by atoms with van der Waals surface area (Å²) < 4.78 is 4.53. The molecule has 3 nitrogen and oxygen atoms in total. The minimum atomic E-state index is -0.339. The van der Waals surface area contributed by atoms with E-state index in [-0.39, 0.29) is 11.7 Å². The van der Waals surface area contributed by atoms with Gasteiger partial charge in [0.2, 0.25) is 0 Å². The van der Waals surface area contributed by atoms with Crippen molar-refractivity contribution in [2.75, 3.05) is 12.9 Å². The van der Waals surface area contributed by atoms with Crippen LogP contribution in [0.3, 0.4) is 0 Å². The van der Waals surface area contributed by atoms with Gasteiger partial charge in [-0.3, -0.25) is 0 Å². The Labute approximate surface area is 99.1 Å². The molecule has 4 heteroatoms. The third kappa shape index (κ3) is 4.40. The normalized spacial score (nSPS) is 11.2. The maximum absolute atomic E-state index is 10.9. The summed E-state index contributed by atoms with van der Waals surface area (Å²) in [5.41, 5.74) is 0.931. The lowest BCUT2D eigenvalue weighted by Gasteiger charge is -2.02. The second-order valence-corrected chi connectivity index (χ2v) is 4.35. The molecule has 0 atom stereocenters. The average Bonchev–Trinajstić information content (AvgIpc) is 2.26. The Kier molecular flexibility index (Phi) is 4.92. The van der Waals surface area contributed by atoms with Gasteiger partial charge in [-0.05, 0) is 25.1 Å². The van der Waals surface area contributed by atoms with Crippen LogP contribution in [0.2, 0.25) is 0 Å². The van der Waals surface area contributed by atoms with E-state index < -0.39 is 0 Å². The number of ether oxygens (including phenoxy) is 1. The number of thioether (sulfide) groups is 1. The van der Waals surface area contributed by atoms with E-state index in [1.807, 2.05) is 13.0 Å². The second-order valence-electron chi connectivity index (χ2n) is 3.30. The monoisotopic (exact) mass is 238 g/mol. The van der Waals surface area contributed by atoms with Crippen LogP contribution in [0.15, 0.2) is 40.8 Å². The Morgan fingerprint density at radius 2 is 2.31 bits per heavy atom. The number of benzene rings is 1. The molecule has 0 unspecified atom stereocenters. The standard InChI is InChI=1S/C12H14O3S/c1-9(6-12(14)15-2)8-16-11-5-3-4-10(13)7-11/h3-7,13H,8H2,1-2H3/b9-6+. The van der Waals surface area contributed by atoms with Crippen molar-refractivity contribution in [3.63, 3.8) is 0 Å². The summed E-state index contributed by atoms with van der Waals surface area (Å²) in [7, 11) is 1.36. The van der Waals surface area contributed by atoms with Crippen molar-refractivity contribution >= 4 is 17.7 Å². The molecular weight excluding hydrogens is 224 g/mol. The fraction of sp³-hybridized carbons (Fsp3) is 0.250. The third-order valence-electron chi connectivity index (χ3n) is 1.85. The molecular formula is C12H14O3S. The zero-order valence-electron chi connectivity index (χ0n) is 9.27. The first-order chi connectivity index (χ1) is 7.61. The van der Waals surface area contributed by atoms with Crippen LogP contribution in [0.4, 0.5) is 0 Å². The highest BCUT2D eigenvalue weighted by atomic mass is 32.2. The van der Waals surface area contributed by atoms with Gasteiger partial charge in [-0.2, -0.15) is 0 Å². The molecule has 0 heterocycles. The molecule has 0 aliphatic rings. The van der Waals surface area contributed by atoms with E-state index in [2.05, 4.69) is 4.74 Å². The molecule has 0 amide bonds. The molecule has 86 valence electrons. The summed E-state index contributed by atoms with van der Waals surface area (Å²) in [6.45, 7) is 1.87. The van der Waals surface area contributed by atoms with Crippen molar-refractivity contribution in [3.8, 4) is 5.75 Å². The lowest BCUT2D eigenvalue weighted by atomic mass is 10.3. The van der Waals surface area contributed by atoms with Gasteiger partial charge in [0.1, 0.15) is 5.75 Å². The summed E-state index contributed by atoms with van der Waals surface area (Å²) in [6.07, 6.45) is 1.47. The number of phenolic OH excluding ortho intramolecular Hbond substituents is 1. The highest BCUT2D eigenvalue weighted by Gasteiger charge is 1.99. The van der Waals surface area contributed by atoms with Crippen LogP contribution in [-0.4, -0.2) is 23.9 Å².